The highest BCUT2D eigenvalue weighted by molar-refractivity contribution is 5.75. The number of benzene rings is 1. The van der Waals surface area contributed by atoms with E-state index in [1.165, 1.54) is 16.8 Å². The summed E-state index contributed by atoms with van der Waals surface area (Å²) in [5.41, 5.74) is 4.03. The Morgan fingerprint density at radius 2 is 2.13 bits per heavy atom. The summed E-state index contributed by atoms with van der Waals surface area (Å²) in [6.07, 6.45) is 3.81. The summed E-state index contributed by atoms with van der Waals surface area (Å²) in [5.74, 6) is 0.577. The predicted molar refractivity (Wildman–Crippen MR) is 64.6 cm³/mol. The van der Waals surface area contributed by atoms with Gasteiger partial charge >= 0.3 is 0 Å². The predicted octanol–water partition coefficient (Wildman–Crippen LogP) is 2.88. The van der Waals surface area contributed by atoms with Crippen molar-refractivity contribution in [3.8, 4) is 0 Å². The minimum Gasteiger partial charge on any atom is -0.223 e. The van der Waals surface area contributed by atoms with Gasteiger partial charge in [-0.3, -0.25) is 0 Å². The highest BCUT2D eigenvalue weighted by Crippen LogP contribution is 2.24. The van der Waals surface area contributed by atoms with Gasteiger partial charge in [-0.05, 0) is 36.1 Å². The molecule has 0 N–H and O–H groups in total. The van der Waals surface area contributed by atoms with Crippen molar-refractivity contribution in [3.05, 3.63) is 29.3 Å². The zero-order chi connectivity index (χ0) is 10.8. The summed E-state index contributed by atoms with van der Waals surface area (Å²) in [5, 5.41) is 0. The van der Waals surface area contributed by atoms with Crippen LogP contribution in [0.4, 0.5) is 5.69 Å². The monoisotopic (exact) mass is 201 g/mol. The van der Waals surface area contributed by atoms with Crippen LogP contribution in [0.2, 0.25) is 0 Å². The van der Waals surface area contributed by atoms with E-state index in [4.69, 9.17) is 0 Å². The summed E-state index contributed by atoms with van der Waals surface area (Å²) < 4.78 is 2.16. The van der Waals surface area contributed by atoms with E-state index in [1.54, 1.807) is 0 Å². The van der Waals surface area contributed by atoms with Crippen molar-refractivity contribution >= 4 is 18.2 Å². The van der Waals surface area contributed by atoms with E-state index in [2.05, 4.69) is 48.5 Å². The van der Waals surface area contributed by atoms with E-state index in [-0.39, 0.29) is 0 Å². The van der Waals surface area contributed by atoms with E-state index in [0.29, 0.717) is 5.92 Å². The van der Waals surface area contributed by atoms with Gasteiger partial charge in [0.2, 0.25) is 0 Å². The second-order valence-electron chi connectivity index (χ2n) is 4.30. The molecule has 0 aromatic heterocycles. The van der Waals surface area contributed by atoms with Crippen LogP contribution in [-0.2, 0) is 0 Å². The van der Waals surface area contributed by atoms with Crippen LogP contribution in [-0.4, -0.2) is 23.7 Å². The average Bonchev–Trinajstić information content (AvgIpc) is 2.71. The zero-order valence-corrected chi connectivity index (χ0v) is 9.57. The first-order chi connectivity index (χ1) is 7.18. The molecular weight excluding hydrogens is 184 g/mol. The third-order valence-corrected chi connectivity index (χ3v) is 2.81. The lowest BCUT2D eigenvalue weighted by molar-refractivity contribution is -0.413. The van der Waals surface area contributed by atoms with Gasteiger partial charge in [0.25, 0.3) is 6.34 Å². The molecule has 0 fully saturated rings. The van der Waals surface area contributed by atoms with Gasteiger partial charge in [-0.1, -0.05) is 24.9 Å². The maximum Gasteiger partial charge on any atom is 0.286 e. The smallest absolute Gasteiger partial charge is 0.223 e. The molecule has 0 bridgehead atoms. The fourth-order valence-electron chi connectivity index (χ4n) is 1.91. The van der Waals surface area contributed by atoms with Gasteiger partial charge in [0, 0.05) is 0 Å². The summed E-state index contributed by atoms with van der Waals surface area (Å²) in [6.45, 7) is 7.52. The maximum atomic E-state index is 4.11. The van der Waals surface area contributed by atoms with Gasteiger partial charge in [-0.2, -0.15) is 0 Å². The van der Waals surface area contributed by atoms with Crippen LogP contribution in [0.5, 0.6) is 0 Å². The Bertz CT molecular complexity index is 428. The van der Waals surface area contributed by atoms with Crippen molar-refractivity contribution in [1.29, 1.82) is 0 Å². The molecule has 2 nitrogen and oxygen atoms in total. The molecule has 0 unspecified atom stereocenters. The first-order valence-corrected chi connectivity index (χ1v) is 5.40. The van der Waals surface area contributed by atoms with E-state index in [0.717, 1.165) is 6.54 Å². The largest absolute Gasteiger partial charge is 0.286 e. The SMILES string of the molecule is Cc1ccc([N+]2=CN=CC2)cc1C(C)C. The molecule has 2 rings (SSSR count). The topological polar surface area (TPSA) is 15.4 Å². The third kappa shape index (κ3) is 1.99. The Balaban J connectivity index is 2.38. The first kappa shape index (κ1) is 10.1. The van der Waals surface area contributed by atoms with Crippen molar-refractivity contribution in [2.24, 2.45) is 4.99 Å². The van der Waals surface area contributed by atoms with Crippen molar-refractivity contribution in [2.75, 3.05) is 6.54 Å². The number of aryl methyl sites for hydroxylation is 1. The molecule has 15 heavy (non-hydrogen) atoms. The molecule has 0 amide bonds. The summed E-state index contributed by atoms with van der Waals surface area (Å²) >= 11 is 0. The van der Waals surface area contributed by atoms with Crippen LogP contribution in [0.1, 0.15) is 30.9 Å². The molecule has 1 aliphatic rings. The molecule has 0 aliphatic carbocycles. The van der Waals surface area contributed by atoms with Crippen LogP contribution in [0.15, 0.2) is 23.2 Å². The molecule has 0 saturated carbocycles. The Labute approximate surface area is 91.0 Å². The quantitative estimate of drug-likeness (QED) is 0.654. The lowest BCUT2D eigenvalue weighted by Gasteiger charge is -2.10. The first-order valence-electron chi connectivity index (χ1n) is 5.40. The van der Waals surface area contributed by atoms with Crippen LogP contribution in [0.25, 0.3) is 0 Å². The minimum atomic E-state index is 0.577. The van der Waals surface area contributed by atoms with Gasteiger partial charge in [0.05, 0.1) is 0 Å². The Hall–Kier alpha value is -1.44. The van der Waals surface area contributed by atoms with E-state index < -0.39 is 0 Å². The van der Waals surface area contributed by atoms with Crippen molar-refractivity contribution in [2.45, 2.75) is 26.7 Å². The number of aliphatic imine (C=N–C) groups is 1. The lowest BCUT2D eigenvalue weighted by Crippen LogP contribution is -2.04. The van der Waals surface area contributed by atoms with E-state index >= 15 is 0 Å². The number of nitrogens with zero attached hydrogens (tertiary/aromatic N) is 2. The molecule has 1 aliphatic heterocycles. The summed E-state index contributed by atoms with van der Waals surface area (Å²) in [6, 6.07) is 6.62. The lowest BCUT2D eigenvalue weighted by atomic mass is 9.97. The van der Waals surface area contributed by atoms with Gasteiger partial charge in [-0.15, -0.1) is 0 Å². The fourth-order valence-corrected chi connectivity index (χ4v) is 1.91. The molecular formula is C13H17N2+. The molecule has 0 saturated heterocycles. The van der Waals surface area contributed by atoms with Crippen LogP contribution < -0.4 is 0 Å². The molecule has 1 heterocycles. The minimum absolute atomic E-state index is 0.577. The summed E-state index contributed by atoms with van der Waals surface area (Å²) in [4.78, 5) is 4.11. The second kappa shape index (κ2) is 3.97. The zero-order valence-electron chi connectivity index (χ0n) is 9.57. The van der Waals surface area contributed by atoms with Crippen molar-refractivity contribution in [3.63, 3.8) is 0 Å². The highest BCUT2D eigenvalue weighted by atomic mass is 15.1. The van der Waals surface area contributed by atoms with Gasteiger partial charge < -0.3 is 0 Å². The Morgan fingerprint density at radius 1 is 1.33 bits per heavy atom. The number of rotatable bonds is 2. The molecule has 0 radical (unpaired) electrons. The Morgan fingerprint density at radius 3 is 2.73 bits per heavy atom. The van der Waals surface area contributed by atoms with Crippen LogP contribution in [0, 0.1) is 6.92 Å². The molecule has 0 spiro atoms. The molecule has 2 heteroatoms. The van der Waals surface area contributed by atoms with Crippen molar-refractivity contribution < 1.29 is 4.58 Å². The Kier molecular flexibility index (Phi) is 2.67. The van der Waals surface area contributed by atoms with Gasteiger partial charge in [0.15, 0.2) is 6.21 Å². The maximum absolute atomic E-state index is 4.11. The van der Waals surface area contributed by atoms with Crippen molar-refractivity contribution in [1.82, 2.24) is 0 Å². The number of hydrogen-bond acceptors (Lipinski definition) is 1. The van der Waals surface area contributed by atoms with Gasteiger partial charge in [-0.25, -0.2) is 4.58 Å². The molecule has 78 valence electrons. The van der Waals surface area contributed by atoms with E-state index in [9.17, 15) is 0 Å². The highest BCUT2D eigenvalue weighted by Gasteiger charge is 2.12. The fraction of sp³-hybridized carbons (Fsp3) is 0.385. The van der Waals surface area contributed by atoms with Gasteiger partial charge in [0.1, 0.15) is 12.2 Å². The third-order valence-electron chi connectivity index (χ3n) is 2.81. The number of hydrogen-bond donors (Lipinski definition) is 0. The van der Waals surface area contributed by atoms with Crippen LogP contribution >= 0.6 is 0 Å². The standard InChI is InChI=1S/C13H17N2/c1-10(2)13-8-12(5-4-11(13)3)15-7-6-14-9-15/h4-6,8-10H,7H2,1-3H3/q+1. The average molecular weight is 201 g/mol. The molecule has 0 atom stereocenters. The molecule has 1 aromatic carbocycles. The van der Waals surface area contributed by atoms with Crippen LogP contribution in [0.3, 0.4) is 0 Å². The summed E-state index contributed by atoms with van der Waals surface area (Å²) in [7, 11) is 0. The molecule has 1 aromatic rings. The normalized spacial score (nSPS) is 14.8. The second-order valence-corrected chi connectivity index (χ2v) is 4.30. The van der Waals surface area contributed by atoms with E-state index in [1.807, 2.05) is 12.6 Å².